The molecule has 3 nitrogen and oxygen atoms in total. The number of aliphatic carboxylic acids is 1. The van der Waals surface area contributed by atoms with E-state index in [0.717, 1.165) is 5.69 Å². The van der Waals surface area contributed by atoms with Crippen LogP contribution in [0, 0.1) is 5.92 Å². The molecule has 0 amide bonds. The van der Waals surface area contributed by atoms with E-state index in [-0.39, 0.29) is 0 Å². The smallest absolute Gasteiger partial charge is 0.308 e. The SMILES string of the molecule is C=CCN(CC(C)C(=O)O)c1ccc(C(C)C)cc1. The van der Waals surface area contributed by atoms with Crippen LogP contribution in [0.3, 0.4) is 0 Å². The third kappa shape index (κ3) is 4.43. The minimum Gasteiger partial charge on any atom is -0.481 e. The largest absolute Gasteiger partial charge is 0.481 e. The second kappa shape index (κ2) is 6.98. The van der Waals surface area contributed by atoms with Gasteiger partial charge in [-0.3, -0.25) is 4.79 Å². The fourth-order valence-corrected chi connectivity index (χ4v) is 1.92. The normalized spacial score (nSPS) is 12.2. The number of carbonyl (C=O) groups is 1. The van der Waals surface area contributed by atoms with E-state index < -0.39 is 11.9 Å². The lowest BCUT2D eigenvalue weighted by atomic mass is 10.0. The molecule has 0 saturated carbocycles. The molecule has 1 atom stereocenters. The molecule has 1 N–H and O–H groups in total. The Kier molecular flexibility index (Phi) is 5.61. The molecule has 0 aliphatic carbocycles. The summed E-state index contributed by atoms with van der Waals surface area (Å²) >= 11 is 0. The molecule has 0 radical (unpaired) electrons. The average molecular weight is 261 g/mol. The summed E-state index contributed by atoms with van der Waals surface area (Å²) in [6.07, 6.45) is 1.80. The first-order valence-corrected chi connectivity index (χ1v) is 6.64. The van der Waals surface area contributed by atoms with E-state index in [1.54, 1.807) is 13.0 Å². The first-order chi connectivity index (χ1) is 8.95. The van der Waals surface area contributed by atoms with Crippen molar-refractivity contribution in [3.63, 3.8) is 0 Å². The number of hydrogen-bond donors (Lipinski definition) is 1. The molecule has 19 heavy (non-hydrogen) atoms. The number of rotatable bonds is 7. The summed E-state index contributed by atoms with van der Waals surface area (Å²) in [5, 5.41) is 9.01. The topological polar surface area (TPSA) is 40.5 Å². The molecule has 0 saturated heterocycles. The molecule has 1 rings (SSSR count). The van der Waals surface area contributed by atoms with E-state index in [2.05, 4.69) is 32.6 Å². The second-order valence-corrected chi connectivity index (χ2v) is 5.18. The Morgan fingerprint density at radius 1 is 1.32 bits per heavy atom. The quantitative estimate of drug-likeness (QED) is 0.763. The summed E-state index contributed by atoms with van der Waals surface area (Å²) in [6, 6.07) is 8.30. The summed E-state index contributed by atoms with van der Waals surface area (Å²) in [5.41, 5.74) is 2.32. The number of nitrogens with zero attached hydrogens (tertiary/aromatic N) is 1. The molecule has 0 fully saturated rings. The molecule has 3 heteroatoms. The van der Waals surface area contributed by atoms with Crippen LogP contribution in [-0.4, -0.2) is 24.2 Å². The van der Waals surface area contributed by atoms with Gasteiger partial charge in [-0.05, 0) is 23.6 Å². The van der Waals surface area contributed by atoms with Gasteiger partial charge in [-0.25, -0.2) is 0 Å². The Balaban J connectivity index is 2.86. The van der Waals surface area contributed by atoms with Crippen LogP contribution in [0.1, 0.15) is 32.3 Å². The molecule has 1 aromatic rings. The summed E-state index contributed by atoms with van der Waals surface area (Å²) in [7, 11) is 0. The van der Waals surface area contributed by atoms with Crippen molar-refractivity contribution in [1.29, 1.82) is 0 Å². The Hall–Kier alpha value is -1.77. The van der Waals surface area contributed by atoms with Crippen LogP contribution in [0.15, 0.2) is 36.9 Å². The lowest BCUT2D eigenvalue weighted by Gasteiger charge is -2.25. The molecule has 0 aliphatic heterocycles. The molecular formula is C16H23NO2. The number of anilines is 1. The molecule has 1 aromatic carbocycles. The Morgan fingerprint density at radius 2 is 1.89 bits per heavy atom. The first-order valence-electron chi connectivity index (χ1n) is 6.64. The van der Waals surface area contributed by atoms with Gasteiger partial charge in [0.2, 0.25) is 0 Å². The number of carboxylic acid groups (broad SMARTS) is 1. The van der Waals surface area contributed by atoms with Crippen molar-refractivity contribution >= 4 is 11.7 Å². The highest BCUT2D eigenvalue weighted by atomic mass is 16.4. The summed E-state index contributed by atoms with van der Waals surface area (Å²) < 4.78 is 0. The van der Waals surface area contributed by atoms with Gasteiger partial charge in [-0.15, -0.1) is 6.58 Å². The average Bonchev–Trinajstić information content (AvgIpc) is 2.38. The third-order valence-electron chi connectivity index (χ3n) is 3.19. The molecule has 0 heterocycles. The maximum Gasteiger partial charge on any atom is 0.308 e. The van der Waals surface area contributed by atoms with E-state index in [4.69, 9.17) is 5.11 Å². The maximum atomic E-state index is 11.0. The number of benzene rings is 1. The van der Waals surface area contributed by atoms with Crippen molar-refractivity contribution in [3.8, 4) is 0 Å². The van der Waals surface area contributed by atoms with Crippen LogP contribution in [0.2, 0.25) is 0 Å². The van der Waals surface area contributed by atoms with Crippen LogP contribution in [-0.2, 0) is 4.79 Å². The van der Waals surface area contributed by atoms with Crippen molar-refractivity contribution in [2.24, 2.45) is 5.92 Å². The van der Waals surface area contributed by atoms with Gasteiger partial charge in [-0.2, -0.15) is 0 Å². The molecule has 0 aliphatic rings. The van der Waals surface area contributed by atoms with Crippen molar-refractivity contribution in [2.45, 2.75) is 26.7 Å². The molecule has 1 unspecified atom stereocenters. The van der Waals surface area contributed by atoms with Crippen LogP contribution in [0.5, 0.6) is 0 Å². The molecular weight excluding hydrogens is 238 g/mol. The van der Waals surface area contributed by atoms with Gasteiger partial charge in [0.15, 0.2) is 0 Å². The van der Waals surface area contributed by atoms with Gasteiger partial charge in [0.05, 0.1) is 5.92 Å². The summed E-state index contributed by atoms with van der Waals surface area (Å²) in [6.45, 7) is 10.9. The van der Waals surface area contributed by atoms with Crippen LogP contribution < -0.4 is 4.90 Å². The lowest BCUT2D eigenvalue weighted by Crippen LogP contribution is -2.32. The predicted octanol–water partition coefficient (Wildman–Crippen LogP) is 3.52. The highest BCUT2D eigenvalue weighted by molar-refractivity contribution is 5.70. The predicted molar refractivity (Wildman–Crippen MR) is 79.7 cm³/mol. The molecule has 0 spiro atoms. The van der Waals surface area contributed by atoms with Crippen LogP contribution in [0.4, 0.5) is 5.69 Å². The maximum absolute atomic E-state index is 11.0. The zero-order valence-electron chi connectivity index (χ0n) is 12.0. The fourth-order valence-electron chi connectivity index (χ4n) is 1.92. The zero-order chi connectivity index (χ0) is 14.4. The Labute approximate surface area is 115 Å². The van der Waals surface area contributed by atoms with Gasteiger partial charge >= 0.3 is 5.97 Å². The van der Waals surface area contributed by atoms with Crippen molar-refractivity contribution in [2.75, 3.05) is 18.0 Å². The minimum absolute atomic E-state index is 0.398. The van der Waals surface area contributed by atoms with Gasteiger partial charge in [-0.1, -0.05) is 39.0 Å². The molecule has 0 bridgehead atoms. The fraction of sp³-hybridized carbons (Fsp3) is 0.438. The molecule has 104 valence electrons. The van der Waals surface area contributed by atoms with Crippen molar-refractivity contribution in [1.82, 2.24) is 0 Å². The van der Waals surface area contributed by atoms with Crippen LogP contribution >= 0.6 is 0 Å². The first kappa shape index (κ1) is 15.3. The lowest BCUT2D eigenvalue weighted by molar-refractivity contribution is -0.140. The van der Waals surface area contributed by atoms with E-state index in [0.29, 0.717) is 19.0 Å². The van der Waals surface area contributed by atoms with E-state index >= 15 is 0 Å². The van der Waals surface area contributed by atoms with E-state index in [1.165, 1.54) is 5.56 Å². The van der Waals surface area contributed by atoms with Crippen molar-refractivity contribution < 1.29 is 9.90 Å². The van der Waals surface area contributed by atoms with Gasteiger partial charge in [0.1, 0.15) is 0 Å². The summed E-state index contributed by atoms with van der Waals surface area (Å²) in [5.74, 6) is -0.669. The van der Waals surface area contributed by atoms with Gasteiger partial charge in [0.25, 0.3) is 0 Å². The second-order valence-electron chi connectivity index (χ2n) is 5.18. The van der Waals surface area contributed by atoms with Crippen molar-refractivity contribution in [3.05, 3.63) is 42.5 Å². The minimum atomic E-state index is -0.770. The monoisotopic (exact) mass is 261 g/mol. The standard InChI is InChI=1S/C16H23NO2/c1-5-10-17(11-13(4)16(18)19)15-8-6-14(7-9-15)12(2)3/h5-9,12-13H,1,10-11H2,2-4H3,(H,18,19). The Morgan fingerprint density at radius 3 is 2.32 bits per heavy atom. The number of carboxylic acids is 1. The summed E-state index contributed by atoms with van der Waals surface area (Å²) in [4.78, 5) is 13.0. The highest BCUT2D eigenvalue weighted by Crippen LogP contribution is 2.21. The number of hydrogen-bond acceptors (Lipinski definition) is 2. The zero-order valence-corrected chi connectivity index (χ0v) is 12.0. The van der Waals surface area contributed by atoms with E-state index in [1.807, 2.05) is 17.0 Å². The van der Waals surface area contributed by atoms with Gasteiger partial charge in [0, 0.05) is 18.8 Å². The van der Waals surface area contributed by atoms with Crippen LogP contribution in [0.25, 0.3) is 0 Å². The Bertz CT molecular complexity index is 423. The van der Waals surface area contributed by atoms with E-state index in [9.17, 15) is 4.79 Å². The molecule has 0 aromatic heterocycles. The highest BCUT2D eigenvalue weighted by Gasteiger charge is 2.15. The van der Waals surface area contributed by atoms with Gasteiger partial charge < -0.3 is 10.0 Å². The third-order valence-corrected chi connectivity index (χ3v) is 3.19.